The lowest BCUT2D eigenvalue weighted by atomic mass is 10.3. The van der Waals surface area contributed by atoms with Crippen LogP contribution in [-0.2, 0) is 13.1 Å². The molecule has 0 radical (unpaired) electrons. The molecule has 2 nitrogen and oxygen atoms in total. The number of hydrogen-bond acceptors (Lipinski definition) is 3. The molecule has 2 heterocycles. The van der Waals surface area contributed by atoms with Gasteiger partial charge >= 0.3 is 0 Å². The Morgan fingerprint density at radius 1 is 1.22 bits per heavy atom. The van der Waals surface area contributed by atoms with Crippen molar-refractivity contribution in [3.05, 3.63) is 50.4 Å². The zero-order valence-corrected chi connectivity index (χ0v) is 12.4. The van der Waals surface area contributed by atoms with Crippen molar-refractivity contribution in [2.24, 2.45) is 0 Å². The molecule has 0 fully saturated rings. The topological polar surface area (TPSA) is 16.1 Å². The average molecular weight is 301 g/mol. The molecule has 0 aliphatic carbocycles. The van der Waals surface area contributed by atoms with E-state index in [9.17, 15) is 0 Å². The molecule has 0 spiro atoms. The molecule has 0 aliphatic heterocycles. The highest BCUT2D eigenvalue weighted by Crippen LogP contribution is 2.20. The maximum atomic E-state index is 6.13. The summed E-state index contributed by atoms with van der Waals surface area (Å²) in [6.07, 6.45) is 0. The predicted molar refractivity (Wildman–Crippen MR) is 78.4 cm³/mol. The minimum atomic E-state index is 0.488. The van der Waals surface area contributed by atoms with Crippen molar-refractivity contribution in [1.82, 2.24) is 9.88 Å². The van der Waals surface area contributed by atoms with Crippen LogP contribution in [0.25, 0.3) is 0 Å². The SMILES string of the molecule is CCN(Cc1cccs1)Cc1nc(Cl)ccc1Cl. The highest BCUT2D eigenvalue weighted by molar-refractivity contribution is 7.09. The third-order valence-electron chi connectivity index (χ3n) is 2.66. The Labute approximate surface area is 121 Å². The fraction of sp³-hybridized carbons (Fsp3) is 0.308. The van der Waals surface area contributed by atoms with Crippen LogP contribution in [0.4, 0.5) is 0 Å². The second kappa shape index (κ2) is 6.53. The molecule has 18 heavy (non-hydrogen) atoms. The normalized spacial score (nSPS) is 11.1. The van der Waals surface area contributed by atoms with Crippen molar-refractivity contribution in [2.75, 3.05) is 6.54 Å². The van der Waals surface area contributed by atoms with Crippen molar-refractivity contribution in [3.8, 4) is 0 Å². The van der Waals surface area contributed by atoms with Crippen LogP contribution in [0.1, 0.15) is 17.5 Å². The van der Waals surface area contributed by atoms with Crippen LogP contribution in [0.2, 0.25) is 10.2 Å². The summed E-state index contributed by atoms with van der Waals surface area (Å²) in [7, 11) is 0. The lowest BCUT2D eigenvalue weighted by Gasteiger charge is -2.19. The standard InChI is InChI=1S/C13H14Cl2N2S/c1-2-17(8-10-4-3-7-18-10)9-12-11(14)5-6-13(15)16-12/h3-7H,2,8-9H2,1H3. The van der Waals surface area contributed by atoms with Crippen molar-refractivity contribution in [2.45, 2.75) is 20.0 Å². The summed E-state index contributed by atoms with van der Waals surface area (Å²) in [5.41, 5.74) is 0.836. The van der Waals surface area contributed by atoms with E-state index in [-0.39, 0.29) is 0 Å². The molecular formula is C13H14Cl2N2S. The summed E-state index contributed by atoms with van der Waals surface area (Å²) >= 11 is 13.8. The predicted octanol–water partition coefficient (Wildman–Crippen LogP) is 4.47. The molecule has 0 saturated heterocycles. The third kappa shape index (κ3) is 3.69. The van der Waals surface area contributed by atoms with Crippen molar-refractivity contribution < 1.29 is 0 Å². The van der Waals surface area contributed by atoms with E-state index in [0.29, 0.717) is 16.7 Å². The maximum absolute atomic E-state index is 6.13. The van der Waals surface area contributed by atoms with Gasteiger partial charge in [0.15, 0.2) is 0 Å². The Kier molecular flexibility index (Phi) is 5.01. The van der Waals surface area contributed by atoms with Gasteiger partial charge in [0.25, 0.3) is 0 Å². The number of halogens is 2. The van der Waals surface area contributed by atoms with Gasteiger partial charge in [-0.25, -0.2) is 4.98 Å². The van der Waals surface area contributed by atoms with Gasteiger partial charge in [-0.2, -0.15) is 0 Å². The summed E-state index contributed by atoms with van der Waals surface area (Å²) in [5.74, 6) is 0. The smallest absolute Gasteiger partial charge is 0.129 e. The first-order valence-corrected chi connectivity index (χ1v) is 7.38. The first-order valence-electron chi connectivity index (χ1n) is 5.74. The Hall–Kier alpha value is -0.610. The van der Waals surface area contributed by atoms with E-state index in [2.05, 4.69) is 34.3 Å². The molecule has 96 valence electrons. The molecule has 0 aromatic carbocycles. The van der Waals surface area contributed by atoms with Crippen LogP contribution in [0.15, 0.2) is 29.6 Å². The van der Waals surface area contributed by atoms with E-state index in [1.165, 1.54) is 4.88 Å². The molecular weight excluding hydrogens is 287 g/mol. The maximum Gasteiger partial charge on any atom is 0.129 e. The summed E-state index contributed by atoms with van der Waals surface area (Å²) in [6.45, 7) is 4.71. The van der Waals surface area contributed by atoms with Gasteiger partial charge in [-0.05, 0) is 30.1 Å². The highest BCUT2D eigenvalue weighted by Gasteiger charge is 2.10. The second-order valence-corrected chi connectivity index (χ2v) is 5.77. The summed E-state index contributed by atoms with van der Waals surface area (Å²) in [4.78, 5) is 7.92. The van der Waals surface area contributed by atoms with Gasteiger partial charge in [0.1, 0.15) is 5.15 Å². The molecule has 0 N–H and O–H groups in total. The number of pyridine rings is 1. The minimum absolute atomic E-state index is 0.488. The van der Waals surface area contributed by atoms with Crippen LogP contribution < -0.4 is 0 Å². The molecule has 0 amide bonds. The van der Waals surface area contributed by atoms with Crippen LogP contribution >= 0.6 is 34.5 Å². The second-order valence-electron chi connectivity index (χ2n) is 3.95. The van der Waals surface area contributed by atoms with E-state index < -0.39 is 0 Å². The molecule has 0 aliphatic rings. The van der Waals surface area contributed by atoms with Crippen molar-refractivity contribution >= 4 is 34.5 Å². The van der Waals surface area contributed by atoms with Crippen LogP contribution in [0.5, 0.6) is 0 Å². The highest BCUT2D eigenvalue weighted by atomic mass is 35.5. The van der Waals surface area contributed by atoms with Gasteiger partial charge in [0.2, 0.25) is 0 Å². The molecule has 2 aromatic rings. The lowest BCUT2D eigenvalue weighted by Crippen LogP contribution is -2.22. The Bertz CT molecular complexity index is 500. The van der Waals surface area contributed by atoms with E-state index >= 15 is 0 Å². The largest absolute Gasteiger partial charge is 0.293 e. The molecule has 2 rings (SSSR count). The Morgan fingerprint density at radius 3 is 2.72 bits per heavy atom. The van der Waals surface area contributed by atoms with E-state index in [1.807, 2.05) is 0 Å². The van der Waals surface area contributed by atoms with Crippen LogP contribution in [0.3, 0.4) is 0 Å². The molecule has 5 heteroatoms. The fourth-order valence-electron chi connectivity index (χ4n) is 1.68. The Balaban J connectivity index is 2.07. The van der Waals surface area contributed by atoms with Crippen LogP contribution in [-0.4, -0.2) is 16.4 Å². The van der Waals surface area contributed by atoms with Crippen molar-refractivity contribution in [1.29, 1.82) is 0 Å². The summed E-state index contributed by atoms with van der Waals surface area (Å²) in [6, 6.07) is 7.72. The van der Waals surface area contributed by atoms with E-state index in [1.54, 1.807) is 23.5 Å². The molecule has 0 atom stereocenters. The number of rotatable bonds is 5. The summed E-state index contributed by atoms with van der Waals surface area (Å²) < 4.78 is 0. The van der Waals surface area contributed by atoms with E-state index in [0.717, 1.165) is 18.8 Å². The van der Waals surface area contributed by atoms with Gasteiger partial charge in [-0.15, -0.1) is 11.3 Å². The monoisotopic (exact) mass is 300 g/mol. The van der Waals surface area contributed by atoms with Gasteiger partial charge in [0.05, 0.1) is 10.7 Å². The molecule has 0 saturated carbocycles. The zero-order valence-electron chi connectivity index (χ0n) is 10.1. The van der Waals surface area contributed by atoms with Crippen molar-refractivity contribution in [3.63, 3.8) is 0 Å². The molecule has 0 unspecified atom stereocenters. The molecule has 0 bridgehead atoms. The number of nitrogens with zero attached hydrogens (tertiary/aromatic N) is 2. The van der Waals surface area contributed by atoms with Gasteiger partial charge in [-0.3, -0.25) is 4.90 Å². The number of hydrogen-bond donors (Lipinski definition) is 0. The molecule has 2 aromatic heterocycles. The number of aromatic nitrogens is 1. The van der Waals surface area contributed by atoms with Gasteiger partial charge < -0.3 is 0 Å². The minimum Gasteiger partial charge on any atom is -0.293 e. The quantitative estimate of drug-likeness (QED) is 0.757. The Morgan fingerprint density at radius 2 is 2.06 bits per heavy atom. The van der Waals surface area contributed by atoms with Gasteiger partial charge in [-0.1, -0.05) is 36.2 Å². The first-order chi connectivity index (χ1) is 8.69. The summed E-state index contributed by atoms with van der Waals surface area (Å²) in [5, 5.41) is 3.25. The van der Waals surface area contributed by atoms with E-state index in [4.69, 9.17) is 23.2 Å². The van der Waals surface area contributed by atoms with Crippen LogP contribution in [0, 0.1) is 0 Å². The fourth-order valence-corrected chi connectivity index (χ4v) is 2.76. The van der Waals surface area contributed by atoms with Gasteiger partial charge in [0, 0.05) is 18.0 Å². The number of thiophene rings is 1. The average Bonchev–Trinajstić information content (AvgIpc) is 2.85. The third-order valence-corrected chi connectivity index (χ3v) is 4.08. The zero-order chi connectivity index (χ0) is 13.0. The first kappa shape index (κ1) is 13.8. The lowest BCUT2D eigenvalue weighted by molar-refractivity contribution is 0.270.